The highest BCUT2D eigenvalue weighted by atomic mass is 35.5. The molecule has 1 aliphatic rings. The summed E-state index contributed by atoms with van der Waals surface area (Å²) >= 11 is 6.00. The molecule has 20 heavy (non-hydrogen) atoms. The van der Waals surface area contributed by atoms with Gasteiger partial charge in [0.25, 0.3) is 0 Å². The van der Waals surface area contributed by atoms with E-state index in [1.807, 2.05) is 26.0 Å². The Bertz CT molecular complexity index is 444. The molecule has 0 aromatic carbocycles. The summed E-state index contributed by atoms with van der Waals surface area (Å²) in [7, 11) is 5.84. The normalized spacial score (nSPS) is 17.2. The first-order valence-electron chi connectivity index (χ1n) is 7.05. The first-order valence-corrected chi connectivity index (χ1v) is 7.43. The maximum atomic E-state index is 6.00. The van der Waals surface area contributed by atoms with Crippen LogP contribution in [0.5, 0.6) is 0 Å². The molecule has 1 saturated heterocycles. The van der Waals surface area contributed by atoms with Crippen molar-refractivity contribution < 1.29 is 0 Å². The van der Waals surface area contributed by atoms with Crippen LogP contribution in [-0.2, 0) is 0 Å². The van der Waals surface area contributed by atoms with E-state index in [2.05, 4.69) is 31.7 Å². The van der Waals surface area contributed by atoms with Gasteiger partial charge in [0.15, 0.2) is 0 Å². The van der Waals surface area contributed by atoms with Gasteiger partial charge in [0.1, 0.15) is 0 Å². The molecule has 0 aliphatic carbocycles. The Labute approximate surface area is 125 Å². The highest BCUT2D eigenvalue weighted by molar-refractivity contribution is 6.28. The molecule has 1 aliphatic heterocycles. The molecule has 0 atom stereocenters. The summed E-state index contributed by atoms with van der Waals surface area (Å²) in [6.45, 7) is 5.59. The lowest BCUT2D eigenvalue weighted by Crippen LogP contribution is -2.44. The largest absolute Gasteiger partial charge is 0.347 e. The number of halogens is 1. The summed E-state index contributed by atoms with van der Waals surface area (Å²) in [4.78, 5) is 19.3. The molecule has 7 heteroatoms. The zero-order chi connectivity index (χ0) is 14.7. The third-order valence-electron chi connectivity index (χ3n) is 3.85. The maximum absolute atomic E-state index is 6.00. The number of likely N-dealkylation sites (tertiary alicyclic amines) is 1. The smallest absolute Gasteiger partial charge is 0.231 e. The van der Waals surface area contributed by atoms with E-state index in [-0.39, 0.29) is 5.28 Å². The van der Waals surface area contributed by atoms with Gasteiger partial charge in [-0.2, -0.15) is 15.0 Å². The number of hydrogen-bond acceptors (Lipinski definition) is 6. The van der Waals surface area contributed by atoms with Crippen LogP contribution in [0, 0.1) is 0 Å². The molecule has 2 heterocycles. The fourth-order valence-electron chi connectivity index (χ4n) is 2.47. The number of anilines is 2. The second-order valence-electron chi connectivity index (χ2n) is 5.38. The Balaban J connectivity index is 2.11. The van der Waals surface area contributed by atoms with Crippen molar-refractivity contribution in [3.05, 3.63) is 5.28 Å². The Hall–Kier alpha value is -1.14. The highest BCUT2D eigenvalue weighted by Gasteiger charge is 2.24. The lowest BCUT2D eigenvalue weighted by Gasteiger charge is -2.36. The number of hydrogen-bond donors (Lipinski definition) is 0. The molecule has 0 N–H and O–H groups in total. The molecule has 6 nitrogen and oxygen atoms in total. The lowest BCUT2D eigenvalue weighted by atomic mass is 10.0. The average Bonchev–Trinajstić information content (AvgIpc) is 2.46. The van der Waals surface area contributed by atoms with Gasteiger partial charge in [-0.25, -0.2) is 0 Å². The third kappa shape index (κ3) is 3.49. The first kappa shape index (κ1) is 15.3. The van der Waals surface area contributed by atoms with Crippen LogP contribution in [0.1, 0.15) is 19.8 Å². The second kappa shape index (κ2) is 6.54. The number of nitrogens with zero attached hydrogens (tertiary/aromatic N) is 6. The molecule has 0 bridgehead atoms. The van der Waals surface area contributed by atoms with Gasteiger partial charge in [0.05, 0.1) is 0 Å². The quantitative estimate of drug-likeness (QED) is 0.840. The van der Waals surface area contributed by atoms with Gasteiger partial charge in [-0.05, 0) is 31.0 Å². The SMILES string of the molecule is CCN1CCC(N(C)c2nc(Cl)nc(N(C)C)n2)CC1. The van der Waals surface area contributed by atoms with Crippen molar-refractivity contribution in [2.75, 3.05) is 50.6 Å². The van der Waals surface area contributed by atoms with E-state index in [1.165, 1.54) is 0 Å². The molecule has 0 spiro atoms. The van der Waals surface area contributed by atoms with E-state index in [4.69, 9.17) is 11.6 Å². The van der Waals surface area contributed by atoms with Crippen molar-refractivity contribution in [1.82, 2.24) is 19.9 Å². The van der Waals surface area contributed by atoms with Gasteiger partial charge in [0, 0.05) is 40.3 Å². The number of piperidine rings is 1. The van der Waals surface area contributed by atoms with Crippen molar-refractivity contribution in [1.29, 1.82) is 0 Å². The lowest BCUT2D eigenvalue weighted by molar-refractivity contribution is 0.220. The zero-order valence-corrected chi connectivity index (χ0v) is 13.4. The zero-order valence-electron chi connectivity index (χ0n) is 12.7. The fourth-order valence-corrected chi connectivity index (χ4v) is 2.62. The van der Waals surface area contributed by atoms with Crippen molar-refractivity contribution in [3.8, 4) is 0 Å². The average molecular weight is 299 g/mol. The summed E-state index contributed by atoms with van der Waals surface area (Å²) in [5.41, 5.74) is 0. The van der Waals surface area contributed by atoms with Gasteiger partial charge < -0.3 is 14.7 Å². The van der Waals surface area contributed by atoms with Gasteiger partial charge in [-0.15, -0.1) is 0 Å². The van der Waals surface area contributed by atoms with Crippen LogP contribution in [0.25, 0.3) is 0 Å². The van der Waals surface area contributed by atoms with Gasteiger partial charge >= 0.3 is 0 Å². The van der Waals surface area contributed by atoms with E-state index in [1.54, 1.807) is 0 Å². The summed E-state index contributed by atoms with van der Waals surface area (Å²) in [6, 6.07) is 0.464. The van der Waals surface area contributed by atoms with Crippen LogP contribution in [0.15, 0.2) is 0 Å². The summed E-state index contributed by atoms with van der Waals surface area (Å²) in [5, 5.41) is 0.247. The summed E-state index contributed by atoms with van der Waals surface area (Å²) in [5.74, 6) is 1.25. The van der Waals surface area contributed by atoms with Gasteiger partial charge in [-0.1, -0.05) is 6.92 Å². The van der Waals surface area contributed by atoms with E-state index in [9.17, 15) is 0 Å². The Morgan fingerprint density at radius 1 is 1.10 bits per heavy atom. The van der Waals surface area contributed by atoms with E-state index in [0.29, 0.717) is 17.9 Å². The maximum Gasteiger partial charge on any atom is 0.231 e. The molecule has 1 aromatic heterocycles. The minimum Gasteiger partial charge on any atom is -0.347 e. The van der Waals surface area contributed by atoms with E-state index >= 15 is 0 Å². The molecule has 0 unspecified atom stereocenters. The van der Waals surface area contributed by atoms with Crippen LogP contribution in [0.3, 0.4) is 0 Å². The standard InChI is InChI=1S/C13H23ClN6/c1-5-20-8-6-10(7-9-20)19(4)13-16-11(14)15-12(17-13)18(2)3/h10H,5-9H2,1-4H3. The van der Waals surface area contributed by atoms with E-state index in [0.717, 1.165) is 32.5 Å². The molecule has 0 saturated carbocycles. The minimum absolute atomic E-state index is 0.247. The van der Waals surface area contributed by atoms with Crippen LogP contribution in [0.4, 0.5) is 11.9 Å². The molecule has 1 fully saturated rings. The fraction of sp³-hybridized carbons (Fsp3) is 0.769. The Morgan fingerprint density at radius 3 is 2.25 bits per heavy atom. The molecule has 1 aromatic rings. The molecule has 2 rings (SSSR count). The van der Waals surface area contributed by atoms with Gasteiger partial charge in [-0.3, -0.25) is 0 Å². The van der Waals surface area contributed by atoms with Crippen LogP contribution >= 0.6 is 11.6 Å². The predicted octanol–water partition coefficient (Wildman–Crippen LogP) is 1.51. The van der Waals surface area contributed by atoms with Crippen molar-refractivity contribution in [2.45, 2.75) is 25.8 Å². The molecular formula is C13H23ClN6. The minimum atomic E-state index is 0.247. The molecule has 0 amide bonds. The van der Waals surface area contributed by atoms with Crippen LogP contribution in [0.2, 0.25) is 5.28 Å². The molecule has 112 valence electrons. The Kier molecular flexibility index (Phi) is 4.99. The first-order chi connectivity index (χ1) is 9.51. The van der Waals surface area contributed by atoms with E-state index < -0.39 is 0 Å². The number of aromatic nitrogens is 3. The topological polar surface area (TPSA) is 48.4 Å². The second-order valence-corrected chi connectivity index (χ2v) is 5.71. The summed E-state index contributed by atoms with van der Waals surface area (Å²) in [6.07, 6.45) is 2.26. The third-order valence-corrected chi connectivity index (χ3v) is 4.02. The van der Waals surface area contributed by atoms with Crippen molar-refractivity contribution >= 4 is 23.5 Å². The highest BCUT2D eigenvalue weighted by Crippen LogP contribution is 2.21. The van der Waals surface area contributed by atoms with Crippen molar-refractivity contribution in [2.24, 2.45) is 0 Å². The van der Waals surface area contributed by atoms with Crippen molar-refractivity contribution in [3.63, 3.8) is 0 Å². The molecule has 0 radical (unpaired) electrons. The number of rotatable bonds is 4. The van der Waals surface area contributed by atoms with Crippen LogP contribution < -0.4 is 9.80 Å². The Morgan fingerprint density at radius 2 is 1.70 bits per heavy atom. The van der Waals surface area contributed by atoms with Gasteiger partial charge in [0.2, 0.25) is 17.2 Å². The van der Waals surface area contributed by atoms with Crippen LogP contribution in [-0.4, -0.2) is 66.7 Å². The molecular weight excluding hydrogens is 276 g/mol. The monoisotopic (exact) mass is 298 g/mol. The summed E-state index contributed by atoms with van der Waals surface area (Å²) < 4.78 is 0. The predicted molar refractivity (Wildman–Crippen MR) is 82.7 cm³/mol.